The van der Waals surface area contributed by atoms with Crippen molar-refractivity contribution in [2.75, 3.05) is 25.6 Å². The van der Waals surface area contributed by atoms with E-state index in [-0.39, 0.29) is 31.4 Å². The Kier molecular flexibility index (Phi) is 40.8. The van der Waals surface area contributed by atoms with Crippen molar-refractivity contribution >= 4 is 43.5 Å². The number of aliphatic hydroxyl groups excluding tert-OH is 1. The van der Waals surface area contributed by atoms with Crippen molar-refractivity contribution in [3.63, 3.8) is 0 Å². The first-order valence-electron chi connectivity index (χ1n) is 23.9. The van der Waals surface area contributed by atoms with Gasteiger partial charge in [0.25, 0.3) is 0 Å². The van der Waals surface area contributed by atoms with Gasteiger partial charge in [0.2, 0.25) is 0 Å². The van der Waals surface area contributed by atoms with Crippen molar-refractivity contribution in [1.29, 1.82) is 0 Å². The van der Waals surface area contributed by atoms with Crippen molar-refractivity contribution in [2.45, 2.75) is 185 Å². The number of rotatable bonds is 44. The monoisotopic (exact) mass is 971 g/mol. The number of nitrogens with two attached hydrogens (primary N) is 2. The summed E-state index contributed by atoms with van der Waals surface area (Å²) >= 11 is 1.18. The number of unbranched alkanes of at least 4 members (excludes halogenated alkanes) is 13. The van der Waals surface area contributed by atoms with Crippen LogP contribution in [0.15, 0.2) is 72.9 Å². The summed E-state index contributed by atoms with van der Waals surface area (Å²) in [5, 5.41) is 28.4. The van der Waals surface area contributed by atoms with E-state index in [1.165, 1.54) is 50.3 Å². The van der Waals surface area contributed by atoms with Gasteiger partial charge in [0.1, 0.15) is 18.7 Å². The van der Waals surface area contributed by atoms with E-state index in [2.05, 4.69) is 54.8 Å². The minimum atomic E-state index is -4.86. The first-order valence-corrected chi connectivity index (χ1v) is 26.4. The second-order valence-corrected chi connectivity index (χ2v) is 18.8. The topological polar surface area (TPSA) is 255 Å². The van der Waals surface area contributed by atoms with Gasteiger partial charge in [0.05, 0.1) is 19.3 Å². The standard InChI is InChI=1S/C49H83N2O13PS/c1-3-5-7-9-11-13-15-17-18-19-20-21-23-25-27-29-31-36-47(55)64-41(38-62-65(59,60)63-39-42(50)48(56)57)37-61-49(58)43(51)40-66-45(44(52)33-32-35-46(53)54)34-30-28-26-24-22-16-14-12-10-8-6-4-2/h11-14,17-18,22,24,26,28,30,34,41-45,52H,3-10,15-16,19-21,23,25,27,29,31-33,35-40,50-51H2,1-2H3,(H,53,54)(H,56,57)(H,59,60)/b13-11-,14-12-,18-17-,24-22-,28-26+,34-30+/t41-,42+,43+,44+,45-/m1/s1. The van der Waals surface area contributed by atoms with Crippen molar-refractivity contribution in [3.8, 4) is 0 Å². The predicted molar refractivity (Wildman–Crippen MR) is 264 cm³/mol. The Morgan fingerprint density at radius 2 is 1.18 bits per heavy atom. The highest BCUT2D eigenvalue weighted by Gasteiger charge is 2.29. The average molecular weight is 971 g/mol. The van der Waals surface area contributed by atoms with E-state index in [9.17, 15) is 33.7 Å². The minimum Gasteiger partial charge on any atom is -0.481 e. The minimum absolute atomic E-state index is 0.00329. The second kappa shape index (κ2) is 43.0. The van der Waals surface area contributed by atoms with Gasteiger partial charge in [-0.3, -0.25) is 28.2 Å². The number of carboxylic acids is 2. The highest BCUT2D eigenvalue weighted by molar-refractivity contribution is 8.00. The van der Waals surface area contributed by atoms with Crippen LogP contribution in [0, 0.1) is 0 Å². The van der Waals surface area contributed by atoms with E-state index >= 15 is 0 Å². The van der Waals surface area contributed by atoms with Gasteiger partial charge in [0, 0.05) is 23.8 Å². The summed E-state index contributed by atoms with van der Waals surface area (Å²) in [4.78, 5) is 58.0. The van der Waals surface area contributed by atoms with E-state index in [4.69, 9.17) is 35.7 Å². The number of phosphoric ester groups is 1. The van der Waals surface area contributed by atoms with Crippen LogP contribution in [0.4, 0.5) is 0 Å². The number of esters is 2. The molecule has 0 heterocycles. The summed E-state index contributed by atoms with van der Waals surface area (Å²) in [6.45, 7) is 2.22. The Bertz CT molecular complexity index is 1520. The van der Waals surface area contributed by atoms with Crippen molar-refractivity contribution in [2.24, 2.45) is 11.5 Å². The SMILES string of the molecule is CCCCC/C=C\C\C=C/C=C/C=C/[C@@H](SC[C@H](N)C(=O)OC[C@H](COP(=O)(O)OC[C@H](N)C(=O)O)OC(=O)CCCCCCCCC/C=C\C/C=C\CCCCC)[C@@H](O)CCCC(=O)O. The number of hydrogen-bond acceptors (Lipinski definition) is 13. The Labute approximate surface area is 399 Å². The van der Waals surface area contributed by atoms with Crippen LogP contribution in [0.25, 0.3) is 0 Å². The molecular weight excluding hydrogens is 888 g/mol. The molecule has 0 aliphatic heterocycles. The lowest BCUT2D eigenvalue weighted by Crippen LogP contribution is -2.38. The van der Waals surface area contributed by atoms with Gasteiger partial charge in [-0.1, -0.05) is 145 Å². The van der Waals surface area contributed by atoms with Crippen LogP contribution < -0.4 is 11.5 Å². The molecule has 0 radical (unpaired) electrons. The maximum Gasteiger partial charge on any atom is 0.472 e. The fourth-order valence-corrected chi connectivity index (χ4v) is 7.91. The van der Waals surface area contributed by atoms with Gasteiger partial charge < -0.3 is 41.2 Å². The summed E-state index contributed by atoms with van der Waals surface area (Å²) < 4.78 is 32.9. The predicted octanol–water partition coefficient (Wildman–Crippen LogP) is 9.82. The van der Waals surface area contributed by atoms with Gasteiger partial charge >= 0.3 is 31.7 Å². The zero-order valence-corrected chi connectivity index (χ0v) is 41.4. The number of thioether (sulfide) groups is 1. The zero-order valence-electron chi connectivity index (χ0n) is 39.7. The molecule has 66 heavy (non-hydrogen) atoms. The molecule has 0 aromatic rings. The van der Waals surface area contributed by atoms with E-state index in [0.29, 0.717) is 6.42 Å². The fourth-order valence-electron chi connectivity index (χ4n) is 6.01. The molecule has 15 nitrogen and oxygen atoms in total. The molecule has 0 amide bonds. The maximum atomic E-state index is 13.0. The molecule has 6 atom stereocenters. The summed E-state index contributed by atoms with van der Waals surface area (Å²) in [7, 11) is -4.86. The largest absolute Gasteiger partial charge is 0.481 e. The molecular formula is C49H83N2O13PS. The molecule has 0 aliphatic carbocycles. The van der Waals surface area contributed by atoms with Gasteiger partial charge in [0.15, 0.2) is 6.10 Å². The summed E-state index contributed by atoms with van der Waals surface area (Å²) in [6.07, 6.45) is 41.5. The Hall–Kier alpha value is -3.34. The fraction of sp³-hybridized carbons (Fsp3) is 0.673. The van der Waals surface area contributed by atoms with Gasteiger partial charge in [-0.05, 0) is 70.6 Å². The molecule has 1 unspecified atom stereocenters. The van der Waals surface area contributed by atoms with Crippen LogP contribution in [0.1, 0.15) is 155 Å². The lowest BCUT2D eigenvalue weighted by atomic mass is 10.1. The van der Waals surface area contributed by atoms with E-state index in [1.807, 2.05) is 18.2 Å². The first-order chi connectivity index (χ1) is 31.7. The number of aliphatic carboxylic acids is 2. The average Bonchev–Trinajstić information content (AvgIpc) is 3.28. The second-order valence-electron chi connectivity index (χ2n) is 16.1. The highest BCUT2D eigenvalue weighted by Crippen LogP contribution is 2.43. The molecule has 0 bridgehead atoms. The van der Waals surface area contributed by atoms with Gasteiger partial charge in [-0.25, -0.2) is 4.57 Å². The Morgan fingerprint density at radius 1 is 0.636 bits per heavy atom. The summed E-state index contributed by atoms with van der Waals surface area (Å²) in [6, 6.07) is -2.80. The molecule has 0 aromatic carbocycles. The normalized spacial score (nSPS) is 15.5. The first kappa shape index (κ1) is 62.7. The Balaban J connectivity index is 5.20. The Morgan fingerprint density at radius 3 is 1.77 bits per heavy atom. The van der Waals surface area contributed by atoms with Crippen molar-refractivity contribution < 1.29 is 62.5 Å². The van der Waals surface area contributed by atoms with Gasteiger partial charge in [-0.15, -0.1) is 11.8 Å². The number of carbonyl (C=O) groups is 4. The molecule has 17 heteroatoms. The number of carboxylic acid groups (broad SMARTS) is 2. The van der Waals surface area contributed by atoms with Crippen LogP contribution in [-0.4, -0.2) is 99.2 Å². The highest BCUT2D eigenvalue weighted by atomic mass is 32.2. The van der Waals surface area contributed by atoms with E-state index < -0.39 is 81.1 Å². The third kappa shape index (κ3) is 39.8. The van der Waals surface area contributed by atoms with Crippen LogP contribution in [-0.2, 0) is 42.3 Å². The zero-order chi connectivity index (χ0) is 49.1. The van der Waals surface area contributed by atoms with E-state index in [0.717, 1.165) is 70.6 Å². The molecule has 0 rings (SSSR count). The van der Waals surface area contributed by atoms with Gasteiger partial charge in [-0.2, -0.15) is 0 Å². The lowest BCUT2D eigenvalue weighted by molar-refractivity contribution is -0.161. The van der Waals surface area contributed by atoms with Crippen molar-refractivity contribution in [3.05, 3.63) is 72.9 Å². The number of allylic oxidation sites excluding steroid dienone is 11. The number of aliphatic hydroxyl groups is 1. The van der Waals surface area contributed by atoms with Crippen LogP contribution >= 0.6 is 19.6 Å². The van der Waals surface area contributed by atoms with Crippen LogP contribution in [0.3, 0.4) is 0 Å². The number of hydrogen-bond donors (Lipinski definition) is 6. The number of carbonyl (C=O) groups excluding carboxylic acids is 2. The third-order valence-corrected chi connectivity index (χ3v) is 12.3. The van der Waals surface area contributed by atoms with E-state index in [1.54, 1.807) is 18.2 Å². The lowest BCUT2D eigenvalue weighted by Gasteiger charge is -2.22. The summed E-state index contributed by atoms with van der Waals surface area (Å²) in [5.74, 6) is -3.97. The number of phosphoric acid groups is 1. The third-order valence-electron chi connectivity index (χ3n) is 9.92. The van der Waals surface area contributed by atoms with Crippen LogP contribution in [0.2, 0.25) is 0 Å². The van der Waals surface area contributed by atoms with Crippen molar-refractivity contribution in [1.82, 2.24) is 0 Å². The molecule has 0 spiro atoms. The smallest absolute Gasteiger partial charge is 0.472 e. The molecule has 8 N–H and O–H groups in total. The quantitative estimate of drug-likeness (QED) is 0.0109. The summed E-state index contributed by atoms with van der Waals surface area (Å²) in [5.41, 5.74) is 11.5. The molecule has 0 saturated carbocycles. The molecule has 378 valence electrons. The molecule has 0 aliphatic rings. The molecule has 0 fully saturated rings. The number of ether oxygens (including phenoxy) is 2. The maximum absolute atomic E-state index is 13.0. The molecule has 0 aromatic heterocycles. The van der Waals surface area contributed by atoms with Crippen LogP contribution in [0.5, 0.6) is 0 Å². The molecule has 0 saturated heterocycles.